The molecule has 1 spiro atoms. The molecule has 28 heavy (non-hydrogen) atoms. The molecule has 0 unspecified atom stereocenters. The molecule has 5 heteroatoms. The van der Waals surface area contributed by atoms with Gasteiger partial charge in [0.1, 0.15) is 22.8 Å². The molecule has 0 amide bonds. The molecule has 4 rings (SSSR count). The number of likely N-dealkylation sites (tertiary alicyclic amines) is 1. The molecule has 2 aromatic rings. The summed E-state index contributed by atoms with van der Waals surface area (Å²) < 4.78 is 17.6. The first-order valence-electron chi connectivity index (χ1n) is 9.99. The van der Waals surface area contributed by atoms with Crippen molar-refractivity contribution in [3.05, 3.63) is 53.6 Å². The lowest BCUT2D eigenvalue weighted by atomic mass is 9.90. The molecule has 2 aliphatic rings. The van der Waals surface area contributed by atoms with Gasteiger partial charge in [0, 0.05) is 57.2 Å². The van der Waals surface area contributed by atoms with Gasteiger partial charge in [-0.15, -0.1) is 0 Å². The Kier molecular flexibility index (Phi) is 5.47. The molecule has 2 heterocycles. The Hall–Kier alpha value is -2.24. The molecule has 5 nitrogen and oxygen atoms in total. The Balaban J connectivity index is 1.63. The maximum atomic E-state index is 6.67. The normalized spacial score (nSPS) is 19.5. The Morgan fingerprint density at radius 1 is 1.00 bits per heavy atom. The SMILES string of the molecule is COc1cc(CN2Cc3ccccc3OC3(CCN(C)CC3)C2)cc(OC)c1. The Morgan fingerprint density at radius 3 is 2.36 bits per heavy atom. The van der Waals surface area contributed by atoms with Crippen LogP contribution in [0.25, 0.3) is 0 Å². The summed E-state index contributed by atoms with van der Waals surface area (Å²) in [5.74, 6) is 2.70. The van der Waals surface area contributed by atoms with E-state index in [1.807, 2.05) is 6.07 Å². The van der Waals surface area contributed by atoms with Crippen molar-refractivity contribution in [2.75, 3.05) is 40.9 Å². The van der Waals surface area contributed by atoms with E-state index in [9.17, 15) is 0 Å². The van der Waals surface area contributed by atoms with E-state index < -0.39 is 0 Å². The number of methoxy groups -OCH3 is 2. The fourth-order valence-corrected chi connectivity index (χ4v) is 4.32. The van der Waals surface area contributed by atoms with Gasteiger partial charge in [-0.05, 0) is 30.8 Å². The zero-order valence-corrected chi connectivity index (χ0v) is 17.1. The molecule has 2 aliphatic heterocycles. The van der Waals surface area contributed by atoms with Gasteiger partial charge in [-0.25, -0.2) is 0 Å². The molecule has 0 saturated carbocycles. The minimum Gasteiger partial charge on any atom is -0.497 e. The van der Waals surface area contributed by atoms with Crippen LogP contribution in [-0.4, -0.2) is 56.3 Å². The van der Waals surface area contributed by atoms with Crippen molar-refractivity contribution >= 4 is 0 Å². The summed E-state index contributed by atoms with van der Waals surface area (Å²) in [4.78, 5) is 4.90. The number of ether oxygens (including phenoxy) is 3. The number of piperidine rings is 1. The number of hydrogen-bond donors (Lipinski definition) is 0. The summed E-state index contributed by atoms with van der Waals surface area (Å²) in [5.41, 5.74) is 2.33. The Bertz CT molecular complexity index is 793. The summed E-state index contributed by atoms with van der Waals surface area (Å²) in [7, 11) is 5.59. The molecule has 2 aromatic carbocycles. The van der Waals surface area contributed by atoms with Gasteiger partial charge < -0.3 is 19.1 Å². The van der Waals surface area contributed by atoms with Crippen molar-refractivity contribution in [2.45, 2.75) is 31.5 Å². The first kappa shape index (κ1) is 19.1. The summed E-state index contributed by atoms with van der Waals surface area (Å²) in [5, 5.41) is 0. The molecule has 1 fully saturated rings. The van der Waals surface area contributed by atoms with Gasteiger partial charge in [-0.3, -0.25) is 4.90 Å². The Morgan fingerprint density at radius 2 is 1.68 bits per heavy atom. The van der Waals surface area contributed by atoms with Crippen LogP contribution in [0.1, 0.15) is 24.0 Å². The van der Waals surface area contributed by atoms with E-state index in [1.54, 1.807) is 14.2 Å². The van der Waals surface area contributed by atoms with Gasteiger partial charge in [0.05, 0.1) is 14.2 Å². The van der Waals surface area contributed by atoms with Gasteiger partial charge in [-0.1, -0.05) is 18.2 Å². The van der Waals surface area contributed by atoms with Gasteiger partial charge >= 0.3 is 0 Å². The van der Waals surface area contributed by atoms with Crippen LogP contribution in [0, 0.1) is 0 Å². The fourth-order valence-electron chi connectivity index (χ4n) is 4.32. The monoisotopic (exact) mass is 382 g/mol. The smallest absolute Gasteiger partial charge is 0.124 e. The van der Waals surface area contributed by atoms with E-state index >= 15 is 0 Å². The predicted molar refractivity (Wildman–Crippen MR) is 110 cm³/mol. The number of para-hydroxylation sites is 1. The minimum atomic E-state index is -0.123. The van der Waals surface area contributed by atoms with E-state index in [0.29, 0.717) is 0 Å². The second-order valence-corrected chi connectivity index (χ2v) is 8.06. The summed E-state index contributed by atoms with van der Waals surface area (Å²) in [6.45, 7) is 4.79. The van der Waals surface area contributed by atoms with Crippen LogP contribution < -0.4 is 14.2 Å². The van der Waals surface area contributed by atoms with Gasteiger partial charge in [0.15, 0.2) is 0 Å². The van der Waals surface area contributed by atoms with E-state index in [2.05, 4.69) is 53.2 Å². The van der Waals surface area contributed by atoms with Gasteiger partial charge in [0.25, 0.3) is 0 Å². The molecule has 0 N–H and O–H groups in total. The third-order valence-electron chi connectivity index (χ3n) is 5.92. The van der Waals surface area contributed by atoms with Crippen molar-refractivity contribution in [2.24, 2.45) is 0 Å². The number of benzene rings is 2. The highest BCUT2D eigenvalue weighted by Gasteiger charge is 2.40. The topological polar surface area (TPSA) is 34.2 Å². The van der Waals surface area contributed by atoms with Crippen molar-refractivity contribution in [1.29, 1.82) is 0 Å². The lowest BCUT2D eigenvalue weighted by molar-refractivity contribution is -0.0146. The largest absolute Gasteiger partial charge is 0.497 e. The molecule has 0 atom stereocenters. The lowest BCUT2D eigenvalue weighted by Crippen LogP contribution is -2.52. The second-order valence-electron chi connectivity index (χ2n) is 8.06. The van der Waals surface area contributed by atoms with Crippen molar-refractivity contribution in [3.8, 4) is 17.2 Å². The van der Waals surface area contributed by atoms with Crippen molar-refractivity contribution < 1.29 is 14.2 Å². The van der Waals surface area contributed by atoms with Crippen LogP contribution >= 0.6 is 0 Å². The van der Waals surface area contributed by atoms with Crippen LogP contribution in [0.4, 0.5) is 0 Å². The fraction of sp³-hybridized carbons (Fsp3) is 0.478. The van der Waals surface area contributed by atoms with Crippen LogP contribution in [-0.2, 0) is 13.1 Å². The maximum Gasteiger partial charge on any atom is 0.124 e. The highest BCUT2D eigenvalue weighted by Crippen LogP contribution is 2.36. The van der Waals surface area contributed by atoms with Crippen molar-refractivity contribution in [3.63, 3.8) is 0 Å². The van der Waals surface area contributed by atoms with Crippen molar-refractivity contribution in [1.82, 2.24) is 9.80 Å². The first-order valence-corrected chi connectivity index (χ1v) is 9.99. The molecule has 1 saturated heterocycles. The highest BCUT2D eigenvalue weighted by atomic mass is 16.5. The van der Waals surface area contributed by atoms with Gasteiger partial charge in [-0.2, -0.15) is 0 Å². The average Bonchev–Trinajstić information content (AvgIpc) is 2.86. The van der Waals surface area contributed by atoms with E-state index in [1.165, 1.54) is 11.1 Å². The molecular weight excluding hydrogens is 352 g/mol. The summed E-state index contributed by atoms with van der Waals surface area (Å²) in [6, 6.07) is 14.6. The zero-order chi connectivity index (χ0) is 19.6. The number of rotatable bonds is 4. The molecule has 0 radical (unpaired) electrons. The first-order chi connectivity index (χ1) is 13.6. The Labute approximate surface area is 167 Å². The van der Waals surface area contributed by atoms with Crippen LogP contribution in [0.5, 0.6) is 17.2 Å². The third kappa shape index (κ3) is 4.10. The maximum absolute atomic E-state index is 6.67. The summed E-state index contributed by atoms with van der Waals surface area (Å²) >= 11 is 0. The van der Waals surface area contributed by atoms with E-state index in [4.69, 9.17) is 14.2 Å². The average molecular weight is 383 g/mol. The number of hydrogen-bond acceptors (Lipinski definition) is 5. The molecular formula is C23H30N2O3. The predicted octanol–water partition coefficient (Wildman–Crippen LogP) is 3.56. The van der Waals surface area contributed by atoms with Crippen LogP contribution in [0.15, 0.2) is 42.5 Å². The third-order valence-corrected chi connectivity index (χ3v) is 5.92. The van der Waals surface area contributed by atoms with Gasteiger partial charge in [0.2, 0.25) is 0 Å². The molecule has 0 aliphatic carbocycles. The lowest BCUT2D eigenvalue weighted by Gasteiger charge is -2.42. The summed E-state index contributed by atoms with van der Waals surface area (Å²) in [6.07, 6.45) is 2.10. The number of nitrogens with zero attached hydrogens (tertiary/aromatic N) is 2. The number of fused-ring (bicyclic) bond motifs is 1. The van der Waals surface area contributed by atoms with Crippen LogP contribution in [0.2, 0.25) is 0 Å². The zero-order valence-electron chi connectivity index (χ0n) is 17.1. The van der Waals surface area contributed by atoms with E-state index in [-0.39, 0.29) is 5.60 Å². The molecule has 0 bridgehead atoms. The van der Waals surface area contributed by atoms with E-state index in [0.717, 1.165) is 62.8 Å². The highest BCUT2D eigenvalue weighted by molar-refractivity contribution is 5.39. The van der Waals surface area contributed by atoms with Crippen LogP contribution in [0.3, 0.4) is 0 Å². The molecule has 150 valence electrons. The molecule has 0 aromatic heterocycles. The standard InChI is InChI=1S/C23H30N2O3/c1-24-10-8-23(9-11-24)17-25(16-19-6-4-5-7-22(19)28-23)15-18-12-20(26-2)14-21(13-18)27-3/h4-7,12-14H,8-11,15-17H2,1-3H3. The second kappa shape index (κ2) is 8.02. The quantitative estimate of drug-likeness (QED) is 0.808. The minimum absolute atomic E-state index is 0.123.